The van der Waals surface area contributed by atoms with Gasteiger partial charge in [0.25, 0.3) is 11.1 Å². The normalized spacial score (nSPS) is 16.5. The van der Waals surface area contributed by atoms with Gasteiger partial charge in [-0.25, -0.2) is 0 Å². The summed E-state index contributed by atoms with van der Waals surface area (Å²) >= 11 is 0.902. The Labute approximate surface area is 132 Å². The fourth-order valence-electron chi connectivity index (χ4n) is 2.06. The molecule has 0 saturated carbocycles. The van der Waals surface area contributed by atoms with Gasteiger partial charge < -0.3 is 14.6 Å². The van der Waals surface area contributed by atoms with Crippen LogP contribution in [0.1, 0.15) is 18.9 Å². The summed E-state index contributed by atoms with van der Waals surface area (Å²) in [6.07, 6.45) is 2.30. The van der Waals surface area contributed by atoms with E-state index in [0.29, 0.717) is 23.4 Å². The molecule has 1 heterocycles. The van der Waals surface area contributed by atoms with Gasteiger partial charge in [-0.2, -0.15) is 0 Å². The van der Waals surface area contributed by atoms with Gasteiger partial charge >= 0.3 is 0 Å². The lowest BCUT2D eigenvalue weighted by Gasteiger charge is -2.10. The molecule has 0 radical (unpaired) electrons. The second-order valence-electron chi connectivity index (χ2n) is 4.61. The number of carbonyl (C=O) groups excluding carboxylic acids is 2. The monoisotopic (exact) mass is 323 g/mol. The number of imide groups is 1. The summed E-state index contributed by atoms with van der Waals surface area (Å²) in [7, 11) is 2.85. The number of benzene rings is 1. The van der Waals surface area contributed by atoms with Crippen molar-refractivity contribution in [3.63, 3.8) is 0 Å². The number of phenols is 1. The maximum Gasteiger partial charge on any atom is 0.293 e. The van der Waals surface area contributed by atoms with Gasteiger partial charge in [-0.05, 0) is 42.0 Å². The number of thioether (sulfide) groups is 1. The first-order chi connectivity index (χ1) is 10.5. The van der Waals surface area contributed by atoms with E-state index in [1.165, 1.54) is 19.1 Å². The van der Waals surface area contributed by atoms with Crippen LogP contribution in [0.2, 0.25) is 0 Å². The van der Waals surface area contributed by atoms with Crippen molar-refractivity contribution in [3.05, 3.63) is 22.6 Å². The number of amides is 2. The van der Waals surface area contributed by atoms with E-state index in [9.17, 15) is 14.7 Å². The fraction of sp³-hybridized carbons (Fsp3) is 0.333. The van der Waals surface area contributed by atoms with E-state index >= 15 is 0 Å². The second kappa shape index (κ2) is 6.74. The van der Waals surface area contributed by atoms with Crippen LogP contribution in [0.25, 0.3) is 6.08 Å². The molecule has 6 nitrogen and oxygen atoms in total. The van der Waals surface area contributed by atoms with Crippen molar-refractivity contribution in [1.82, 2.24) is 4.90 Å². The molecule has 0 atom stereocenters. The number of methoxy groups -OCH3 is 2. The largest absolute Gasteiger partial charge is 0.502 e. The van der Waals surface area contributed by atoms with Gasteiger partial charge in [-0.3, -0.25) is 14.5 Å². The predicted molar refractivity (Wildman–Crippen MR) is 84.2 cm³/mol. The van der Waals surface area contributed by atoms with Crippen LogP contribution >= 0.6 is 11.8 Å². The van der Waals surface area contributed by atoms with Gasteiger partial charge in [0.05, 0.1) is 19.1 Å². The number of hydrogen-bond acceptors (Lipinski definition) is 6. The van der Waals surface area contributed by atoms with Crippen molar-refractivity contribution >= 4 is 29.0 Å². The number of ether oxygens (including phenoxy) is 2. The van der Waals surface area contributed by atoms with E-state index in [2.05, 4.69) is 0 Å². The van der Waals surface area contributed by atoms with Crippen molar-refractivity contribution in [2.24, 2.45) is 0 Å². The summed E-state index contributed by atoms with van der Waals surface area (Å²) in [5.41, 5.74) is 0.605. The number of rotatable bonds is 5. The smallest absolute Gasteiger partial charge is 0.293 e. The van der Waals surface area contributed by atoms with Crippen molar-refractivity contribution < 1.29 is 24.2 Å². The Morgan fingerprint density at radius 3 is 2.32 bits per heavy atom. The van der Waals surface area contributed by atoms with Crippen molar-refractivity contribution in [1.29, 1.82) is 0 Å². The quantitative estimate of drug-likeness (QED) is 0.840. The molecule has 1 aromatic rings. The van der Waals surface area contributed by atoms with E-state index in [4.69, 9.17) is 9.47 Å². The molecule has 118 valence electrons. The van der Waals surface area contributed by atoms with Crippen molar-refractivity contribution in [2.75, 3.05) is 20.8 Å². The highest BCUT2D eigenvalue weighted by Gasteiger charge is 2.34. The number of hydrogen-bond donors (Lipinski definition) is 1. The molecule has 1 aromatic carbocycles. The van der Waals surface area contributed by atoms with Gasteiger partial charge in [-0.15, -0.1) is 0 Å². The maximum atomic E-state index is 12.2. The minimum absolute atomic E-state index is 0.110. The Bertz CT molecular complexity index is 616. The van der Waals surface area contributed by atoms with E-state index in [1.54, 1.807) is 18.2 Å². The van der Waals surface area contributed by atoms with Crippen molar-refractivity contribution in [2.45, 2.75) is 13.3 Å². The molecule has 2 rings (SSSR count). The van der Waals surface area contributed by atoms with Crippen LogP contribution in [0.3, 0.4) is 0 Å². The number of phenolic OH excluding ortho intramolecular Hbond substituents is 1. The molecular formula is C15H17NO5S. The molecule has 1 saturated heterocycles. The Morgan fingerprint density at radius 1 is 1.23 bits per heavy atom. The molecule has 1 N–H and O–H groups in total. The third kappa shape index (κ3) is 3.04. The topological polar surface area (TPSA) is 76.1 Å². The summed E-state index contributed by atoms with van der Waals surface area (Å²) in [5.74, 6) is 0.0564. The van der Waals surface area contributed by atoms with Gasteiger partial charge in [-0.1, -0.05) is 6.92 Å². The van der Waals surface area contributed by atoms with Gasteiger partial charge in [0.1, 0.15) is 0 Å². The van der Waals surface area contributed by atoms with Crippen LogP contribution in [0.5, 0.6) is 17.2 Å². The van der Waals surface area contributed by atoms with Crippen LogP contribution < -0.4 is 9.47 Å². The summed E-state index contributed by atoms with van der Waals surface area (Å²) < 4.78 is 10.1. The second-order valence-corrected chi connectivity index (χ2v) is 5.60. The number of aromatic hydroxyl groups is 1. The minimum Gasteiger partial charge on any atom is -0.502 e. The zero-order valence-corrected chi connectivity index (χ0v) is 13.4. The summed E-state index contributed by atoms with van der Waals surface area (Å²) in [4.78, 5) is 25.6. The molecule has 0 spiro atoms. The minimum atomic E-state index is -0.303. The maximum absolute atomic E-state index is 12.2. The molecule has 22 heavy (non-hydrogen) atoms. The van der Waals surface area contributed by atoms with Gasteiger partial charge in [0.2, 0.25) is 5.75 Å². The van der Waals surface area contributed by atoms with Gasteiger partial charge in [0, 0.05) is 6.54 Å². The molecule has 2 amide bonds. The SMILES string of the molecule is CCCN1C(=O)S/C(=C/c2cc(OC)c(O)c(OC)c2)C1=O. The van der Waals surface area contributed by atoms with Crippen LogP contribution in [0.15, 0.2) is 17.0 Å². The van der Waals surface area contributed by atoms with E-state index in [-0.39, 0.29) is 28.4 Å². The molecule has 1 aliphatic heterocycles. The Hall–Kier alpha value is -2.15. The lowest BCUT2D eigenvalue weighted by Crippen LogP contribution is -2.28. The first-order valence-corrected chi connectivity index (χ1v) is 7.53. The Morgan fingerprint density at radius 2 is 1.82 bits per heavy atom. The molecule has 1 aliphatic rings. The summed E-state index contributed by atoms with van der Waals surface area (Å²) in [6.45, 7) is 2.31. The molecule has 1 fully saturated rings. The average molecular weight is 323 g/mol. The summed E-state index contributed by atoms with van der Waals surface area (Å²) in [6, 6.07) is 3.15. The van der Waals surface area contributed by atoms with Crippen LogP contribution in [0.4, 0.5) is 4.79 Å². The number of carbonyl (C=O) groups is 2. The highest BCUT2D eigenvalue weighted by molar-refractivity contribution is 8.18. The third-order valence-electron chi connectivity index (χ3n) is 3.12. The first kappa shape index (κ1) is 16.2. The highest BCUT2D eigenvalue weighted by Crippen LogP contribution is 2.39. The number of nitrogens with zero attached hydrogens (tertiary/aromatic N) is 1. The van der Waals surface area contributed by atoms with Crippen LogP contribution in [-0.4, -0.2) is 41.9 Å². The zero-order valence-electron chi connectivity index (χ0n) is 12.6. The molecule has 0 aliphatic carbocycles. The van der Waals surface area contributed by atoms with E-state index < -0.39 is 0 Å². The lowest BCUT2D eigenvalue weighted by molar-refractivity contribution is -0.122. The average Bonchev–Trinajstić information content (AvgIpc) is 2.76. The molecule has 0 aromatic heterocycles. The molecule has 0 unspecified atom stereocenters. The highest BCUT2D eigenvalue weighted by atomic mass is 32.2. The Balaban J connectivity index is 2.37. The first-order valence-electron chi connectivity index (χ1n) is 6.72. The molecular weight excluding hydrogens is 306 g/mol. The lowest BCUT2D eigenvalue weighted by atomic mass is 10.1. The fourth-order valence-corrected chi connectivity index (χ4v) is 2.93. The molecule has 0 bridgehead atoms. The van der Waals surface area contributed by atoms with E-state index in [1.807, 2.05) is 6.92 Å². The van der Waals surface area contributed by atoms with Crippen LogP contribution in [0, 0.1) is 0 Å². The Kier molecular flexibility index (Phi) is 4.97. The van der Waals surface area contributed by atoms with Crippen LogP contribution in [-0.2, 0) is 4.79 Å². The standard InChI is InChI=1S/C15H17NO5S/c1-4-5-16-14(18)12(22-15(16)19)8-9-6-10(20-2)13(17)11(7-9)21-3/h6-8,17H,4-5H2,1-3H3/b12-8+. The summed E-state index contributed by atoms with van der Waals surface area (Å²) in [5, 5.41) is 9.61. The predicted octanol–water partition coefficient (Wildman–Crippen LogP) is 2.86. The molecule has 7 heteroatoms. The zero-order chi connectivity index (χ0) is 16.3. The van der Waals surface area contributed by atoms with Gasteiger partial charge in [0.15, 0.2) is 11.5 Å². The van der Waals surface area contributed by atoms with Crippen molar-refractivity contribution in [3.8, 4) is 17.2 Å². The third-order valence-corrected chi connectivity index (χ3v) is 4.03. The van der Waals surface area contributed by atoms with E-state index in [0.717, 1.165) is 11.8 Å².